The van der Waals surface area contributed by atoms with E-state index in [9.17, 15) is 4.79 Å². The normalized spacial score (nSPS) is 21.9. The molecule has 5 nitrogen and oxygen atoms in total. The molecule has 1 unspecified atom stereocenters. The molecule has 1 aromatic carbocycles. The van der Waals surface area contributed by atoms with E-state index >= 15 is 0 Å². The number of fused-ring (bicyclic) bond motifs is 1. The van der Waals surface area contributed by atoms with Crippen LogP contribution in [-0.4, -0.2) is 37.0 Å². The number of carbonyl (C=O) groups is 1. The third-order valence-corrected chi connectivity index (χ3v) is 3.69. The molecule has 0 amide bonds. The SMILES string of the molecule is O=C/C=C/N1N=Cc2ccccc2C1CCC1OCCO1. The largest absolute Gasteiger partial charge is 0.350 e. The van der Waals surface area contributed by atoms with Crippen LogP contribution in [0.3, 0.4) is 0 Å². The van der Waals surface area contributed by atoms with Crippen LogP contribution < -0.4 is 0 Å². The first-order chi connectivity index (χ1) is 10.4. The number of hydrazone groups is 1. The van der Waals surface area contributed by atoms with Gasteiger partial charge < -0.3 is 9.47 Å². The third-order valence-electron chi connectivity index (χ3n) is 3.69. The zero-order chi connectivity index (χ0) is 14.5. The predicted octanol–water partition coefficient (Wildman–Crippen LogP) is 2.24. The second-order valence-electron chi connectivity index (χ2n) is 5.00. The topological polar surface area (TPSA) is 51.1 Å². The van der Waals surface area contributed by atoms with Crippen molar-refractivity contribution in [3.05, 3.63) is 47.7 Å². The number of ether oxygens (including phenoxy) is 2. The highest BCUT2D eigenvalue weighted by Crippen LogP contribution is 2.32. The molecule has 0 saturated carbocycles. The lowest BCUT2D eigenvalue weighted by molar-refractivity contribution is -0.104. The summed E-state index contributed by atoms with van der Waals surface area (Å²) in [5, 5.41) is 6.24. The van der Waals surface area contributed by atoms with Gasteiger partial charge in [0, 0.05) is 12.6 Å². The summed E-state index contributed by atoms with van der Waals surface area (Å²) in [6, 6.07) is 8.27. The standard InChI is InChI=1S/C16H18N2O3/c19-9-3-8-18-15(6-7-16-20-10-11-21-16)14-5-2-1-4-13(14)12-17-18/h1-5,8-9,12,15-16H,6-7,10-11H2/b8-3+. The van der Waals surface area contributed by atoms with E-state index in [-0.39, 0.29) is 12.3 Å². The molecule has 2 aliphatic rings. The minimum atomic E-state index is -0.125. The first-order valence-corrected chi connectivity index (χ1v) is 7.15. The van der Waals surface area contributed by atoms with E-state index in [2.05, 4.69) is 17.2 Å². The van der Waals surface area contributed by atoms with Crippen LogP contribution in [0.2, 0.25) is 0 Å². The Morgan fingerprint density at radius 3 is 2.86 bits per heavy atom. The summed E-state index contributed by atoms with van der Waals surface area (Å²) in [6.45, 7) is 1.33. The van der Waals surface area contributed by atoms with Gasteiger partial charge >= 0.3 is 0 Å². The highest BCUT2D eigenvalue weighted by molar-refractivity contribution is 5.83. The molecule has 1 aromatic rings. The van der Waals surface area contributed by atoms with Gasteiger partial charge in [-0.25, -0.2) is 0 Å². The van der Waals surface area contributed by atoms with Crippen LogP contribution in [-0.2, 0) is 14.3 Å². The summed E-state index contributed by atoms with van der Waals surface area (Å²) >= 11 is 0. The Hall–Kier alpha value is -1.98. The molecule has 0 radical (unpaired) electrons. The second-order valence-corrected chi connectivity index (χ2v) is 5.00. The molecular weight excluding hydrogens is 268 g/mol. The van der Waals surface area contributed by atoms with E-state index in [4.69, 9.17) is 9.47 Å². The molecule has 110 valence electrons. The second kappa shape index (κ2) is 6.65. The third kappa shape index (κ3) is 3.20. The van der Waals surface area contributed by atoms with Gasteiger partial charge in [-0.05, 0) is 23.6 Å². The van der Waals surface area contributed by atoms with Gasteiger partial charge in [-0.3, -0.25) is 9.80 Å². The molecule has 2 heterocycles. The maximum atomic E-state index is 10.6. The highest BCUT2D eigenvalue weighted by atomic mass is 16.7. The van der Waals surface area contributed by atoms with Crippen molar-refractivity contribution >= 4 is 12.5 Å². The van der Waals surface area contributed by atoms with E-state index in [1.54, 1.807) is 6.20 Å². The summed E-state index contributed by atoms with van der Waals surface area (Å²) in [5.74, 6) is 0. The van der Waals surface area contributed by atoms with Gasteiger partial charge in [0.1, 0.15) is 6.29 Å². The van der Waals surface area contributed by atoms with Crippen molar-refractivity contribution in [2.75, 3.05) is 13.2 Å². The van der Waals surface area contributed by atoms with Crippen LogP contribution in [0.25, 0.3) is 0 Å². The first-order valence-electron chi connectivity index (χ1n) is 7.15. The van der Waals surface area contributed by atoms with Crippen molar-refractivity contribution in [1.29, 1.82) is 0 Å². The van der Waals surface area contributed by atoms with Gasteiger partial charge in [0.2, 0.25) is 0 Å². The van der Waals surface area contributed by atoms with Crippen molar-refractivity contribution < 1.29 is 14.3 Å². The number of hydrogen-bond donors (Lipinski definition) is 0. The van der Waals surface area contributed by atoms with Gasteiger partial charge in [0.25, 0.3) is 0 Å². The minimum Gasteiger partial charge on any atom is -0.350 e. The molecule has 1 atom stereocenters. The Balaban J connectivity index is 1.78. The summed E-state index contributed by atoms with van der Waals surface area (Å²) in [6.07, 6.45) is 7.28. The number of rotatable bonds is 5. The first kappa shape index (κ1) is 14.0. The number of aldehydes is 1. The van der Waals surface area contributed by atoms with E-state index < -0.39 is 0 Å². The van der Waals surface area contributed by atoms with Crippen molar-refractivity contribution in [3.8, 4) is 0 Å². The number of allylic oxidation sites excluding steroid dienone is 1. The Morgan fingerprint density at radius 2 is 2.05 bits per heavy atom. The lowest BCUT2D eigenvalue weighted by atomic mass is 9.95. The van der Waals surface area contributed by atoms with Gasteiger partial charge in [-0.15, -0.1) is 0 Å². The summed E-state index contributed by atoms with van der Waals surface area (Å²) in [7, 11) is 0. The van der Waals surface area contributed by atoms with E-state index in [0.29, 0.717) is 13.2 Å². The average Bonchev–Trinajstić information content (AvgIpc) is 3.04. The fraction of sp³-hybridized carbons (Fsp3) is 0.375. The minimum absolute atomic E-state index is 0.0928. The molecular formula is C16H18N2O3. The lowest BCUT2D eigenvalue weighted by Crippen LogP contribution is -2.25. The van der Waals surface area contributed by atoms with Gasteiger partial charge in [-0.2, -0.15) is 5.10 Å². The van der Waals surface area contributed by atoms with Crippen LogP contribution in [0.1, 0.15) is 30.0 Å². The van der Waals surface area contributed by atoms with Crippen LogP contribution in [0.4, 0.5) is 0 Å². The number of benzene rings is 1. The molecule has 5 heteroatoms. The predicted molar refractivity (Wildman–Crippen MR) is 78.7 cm³/mol. The monoisotopic (exact) mass is 286 g/mol. The fourth-order valence-electron chi connectivity index (χ4n) is 2.71. The Morgan fingerprint density at radius 1 is 1.24 bits per heavy atom. The number of hydrogen-bond acceptors (Lipinski definition) is 5. The molecule has 1 fully saturated rings. The molecule has 0 N–H and O–H groups in total. The van der Waals surface area contributed by atoms with Crippen LogP contribution in [0.15, 0.2) is 41.6 Å². The Bertz CT molecular complexity index is 550. The van der Waals surface area contributed by atoms with E-state index in [1.807, 2.05) is 23.4 Å². The van der Waals surface area contributed by atoms with Crippen molar-refractivity contribution in [1.82, 2.24) is 5.01 Å². The molecule has 2 aliphatic heterocycles. The molecule has 0 spiro atoms. The van der Waals surface area contributed by atoms with Crippen molar-refractivity contribution in [2.45, 2.75) is 25.2 Å². The molecule has 0 bridgehead atoms. The summed E-state index contributed by atoms with van der Waals surface area (Å²) < 4.78 is 11.0. The van der Waals surface area contributed by atoms with Crippen LogP contribution in [0, 0.1) is 0 Å². The highest BCUT2D eigenvalue weighted by Gasteiger charge is 2.25. The van der Waals surface area contributed by atoms with Gasteiger partial charge in [0.05, 0.1) is 25.5 Å². The maximum Gasteiger partial charge on any atom is 0.157 e. The Labute approximate surface area is 123 Å². The van der Waals surface area contributed by atoms with Gasteiger partial charge in [-0.1, -0.05) is 24.3 Å². The molecule has 21 heavy (non-hydrogen) atoms. The average molecular weight is 286 g/mol. The quantitative estimate of drug-likeness (QED) is 0.615. The molecule has 0 aromatic heterocycles. The van der Waals surface area contributed by atoms with E-state index in [1.165, 1.54) is 11.6 Å². The van der Waals surface area contributed by atoms with Crippen LogP contribution >= 0.6 is 0 Å². The number of nitrogens with zero attached hydrogens (tertiary/aromatic N) is 2. The zero-order valence-electron chi connectivity index (χ0n) is 11.7. The van der Waals surface area contributed by atoms with Crippen LogP contribution in [0.5, 0.6) is 0 Å². The van der Waals surface area contributed by atoms with Crippen molar-refractivity contribution in [2.24, 2.45) is 5.10 Å². The lowest BCUT2D eigenvalue weighted by Gasteiger charge is -2.31. The maximum absolute atomic E-state index is 10.6. The number of carbonyl (C=O) groups excluding carboxylic acids is 1. The summed E-state index contributed by atoms with van der Waals surface area (Å²) in [5.41, 5.74) is 2.33. The van der Waals surface area contributed by atoms with Crippen molar-refractivity contribution in [3.63, 3.8) is 0 Å². The smallest absolute Gasteiger partial charge is 0.157 e. The molecule has 1 saturated heterocycles. The molecule has 3 rings (SSSR count). The summed E-state index contributed by atoms with van der Waals surface area (Å²) in [4.78, 5) is 10.6. The molecule has 0 aliphatic carbocycles. The van der Waals surface area contributed by atoms with E-state index in [0.717, 1.165) is 24.7 Å². The Kier molecular flexibility index (Phi) is 4.43. The fourth-order valence-corrected chi connectivity index (χ4v) is 2.71. The van der Waals surface area contributed by atoms with Gasteiger partial charge in [0.15, 0.2) is 6.29 Å². The zero-order valence-corrected chi connectivity index (χ0v) is 11.7.